The quantitative estimate of drug-likeness (QED) is 0.892. The summed E-state index contributed by atoms with van der Waals surface area (Å²) in [5.74, 6) is 1.14. The van der Waals surface area contributed by atoms with Crippen LogP contribution in [-0.4, -0.2) is 12.3 Å². The van der Waals surface area contributed by atoms with E-state index in [2.05, 4.69) is 73.8 Å². The van der Waals surface area contributed by atoms with Gasteiger partial charge in [-0.1, -0.05) is 62.4 Å². The van der Waals surface area contributed by atoms with E-state index >= 15 is 0 Å². The zero-order valence-corrected chi connectivity index (χ0v) is 12.9. The molecule has 0 saturated carbocycles. The minimum Gasteiger partial charge on any atom is -0.308 e. The molecule has 3 rings (SSSR count). The van der Waals surface area contributed by atoms with Gasteiger partial charge in [-0.3, -0.25) is 0 Å². The zero-order valence-electron chi connectivity index (χ0n) is 12.1. The Hall–Kier alpha value is -1.25. The van der Waals surface area contributed by atoms with Gasteiger partial charge >= 0.3 is 0 Å². The maximum Gasteiger partial charge on any atom is 0.0426 e. The summed E-state index contributed by atoms with van der Waals surface area (Å²) in [7, 11) is 0. The number of thioether (sulfide) groups is 1. The highest BCUT2D eigenvalue weighted by molar-refractivity contribution is 7.99. The largest absolute Gasteiger partial charge is 0.308 e. The maximum atomic E-state index is 3.76. The molecule has 1 nitrogen and oxygen atoms in total. The molecule has 1 aliphatic rings. The highest BCUT2D eigenvalue weighted by Gasteiger charge is 2.26. The molecule has 0 amide bonds. The maximum absolute atomic E-state index is 3.76. The van der Waals surface area contributed by atoms with Crippen LogP contribution in [0.25, 0.3) is 0 Å². The Morgan fingerprint density at radius 3 is 2.55 bits per heavy atom. The average Bonchev–Trinajstić information content (AvgIpc) is 2.89. The smallest absolute Gasteiger partial charge is 0.0426 e. The summed E-state index contributed by atoms with van der Waals surface area (Å²) in [4.78, 5) is 1.43. The highest BCUT2D eigenvalue weighted by Crippen LogP contribution is 2.38. The van der Waals surface area contributed by atoms with E-state index in [1.807, 2.05) is 11.8 Å². The second-order valence-corrected chi connectivity index (χ2v) is 7.09. The molecule has 104 valence electrons. The Balaban J connectivity index is 1.69. The standard InChI is InChI=1S/C18H21NS/c1-18(2,14-8-4-3-5-9-14)13-19-16-12-20-17-11-7-6-10-15(16)17/h3-11,16,19H,12-13H2,1-2H3. The third kappa shape index (κ3) is 2.77. The van der Waals surface area contributed by atoms with E-state index in [4.69, 9.17) is 0 Å². The monoisotopic (exact) mass is 283 g/mol. The Morgan fingerprint density at radius 2 is 1.75 bits per heavy atom. The Labute approximate surface area is 125 Å². The van der Waals surface area contributed by atoms with Gasteiger partial charge in [-0.2, -0.15) is 0 Å². The molecule has 1 N–H and O–H groups in total. The van der Waals surface area contributed by atoms with Crippen molar-refractivity contribution in [2.45, 2.75) is 30.2 Å². The van der Waals surface area contributed by atoms with E-state index < -0.39 is 0 Å². The van der Waals surface area contributed by atoms with Crippen LogP contribution in [0.2, 0.25) is 0 Å². The van der Waals surface area contributed by atoms with E-state index in [-0.39, 0.29) is 5.41 Å². The topological polar surface area (TPSA) is 12.0 Å². The molecule has 2 aromatic rings. The molecule has 0 aromatic heterocycles. The van der Waals surface area contributed by atoms with Gasteiger partial charge in [0.1, 0.15) is 0 Å². The summed E-state index contributed by atoms with van der Waals surface area (Å²) in [6, 6.07) is 20.0. The highest BCUT2D eigenvalue weighted by atomic mass is 32.2. The number of hydrogen-bond donors (Lipinski definition) is 1. The van der Waals surface area contributed by atoms with Crippen LogP contribution in [0.15, 0.2) is 59.5 Å². The average molecular weight is 283 g/mol. The number of rotatable bonds is 4. The molecule has 0 radical (unpaired) electrons. The van der Waals surface area contributed by atoms with Crippen molar-refractivity contribution in [1.82, 2.24) is 5.32 Å². The lowest BCUT2D eigenvalue weighted by Gasteiger charge is -2.28. The lowest BCUT2D eigenvalue weighted by molar-refractivity contribution is 0.438. The summed E-state index contributed by atoms with van der Waals surface area (Å²) < 4.78 is 0. The number of hydrogen-bond acceptors (Lipinski definition) is 2. The summed E-state index contributed by atoms with van der Waals surface area (Å²) in [6.45, 7) is 5.61. The Kier molecular flexibility index (Phi) is 3.86. The molecule has 0 aliphatic carbocycles. The number of fused-ring (bicyclic) bond motifs is 1. The fraction of sp³-hybridized carbons (Fsp3) is 0.333. The molecule has 2 heteroatoms. The lowest BCUT2D eigenvalue weighted by Crippen LogP contribution is -2.35. The summed E-state index contributed by atoms with van der Waals surface area (Å²) >= 11 is 1.96. The molecule has 0 bridgehead atoms. The SMILES string of the molecule is CC(C)(CNC1CSc2ccccc21)c1ccccc1. The van der Waals surface area contributed by atoms with Crippen LogP contribution < -0.4 is 5.32 Å². The molecule has 2 aromatic carbocycles. The van der Waals surface area contributed by atoms with Gasteiger partial charge < -0.3 is 5.32 Å². The van der Waals surface area contributed by atoms with Gasteiger partial charge in [0, 0.05) is 28.6 Å². The van der Waals surface area contributed by atoms with Crippen molar-refractivity contribution in [2.75, 3.05) is 12.3 Å². The van der Waals surface area contributed by atoms with Gasteiger partial charge in [-0.15, -0.1) is 11.8 Å². The Bertz CT molecular complexity index is 577. The second kappa shape index (κ2) is 5.63. The van der Waals surface area contributed by atoms with Crippen molar-refractivity contribution in [2.24, 2.45) is 0 Å². The van der Waals surface area contributed by atoms with Crippen LogP contribution >= 0.6 is 11.8 Å². The zero-order chi connectivity index (χ0) is 14.0. The van der Waals surface area contributed by atoms with Crippen LogP contribution in [0.1, 0.15) is 31.0 Å². The van der Waals surface area contributed by atoms with Crippen molar-refractivity contribution < 1.29 is 0 Å². The van der Waals surface area contributed by atoms with Crippen LogP contribution in [-0.2, 0) is 5.41 Å². The van der Waals surface area contributed by atoms with E-state index in [9.17, 15) is 0 Å². The van der Waals surface area contributed by atoms with Crippen LogP contribution in [0, 0.1) is 0 Å². The second-order valence-electron chi connectivity index (χ2n) is 6.03. The molecule has 20 heavy (non-hydrogen) atoms. The van der Waals surface area contributed by atoms with Crippen molar-refractivity contribution in [1.29, 1.82) is 0 Å². The molecule has 0 fully saturated rings. The predicted molar refractivity (Wildman–Crippen MR) is 87.4 cm³/mol. The number of nitrogens with one attached hydrogen (secondary N) is 1. The van der Waals surface area contributed by atoms with Crippen LogP contribution in [0.4, 0.5) is 0 Å². The molecule has 1 aliphatic heterocycles. The minimum atomic E-state index is 0.156. The molecular formula is C18H21NS. The fourth-order valence-corrected chi connectivity index (χ4v) is 3.90. The first-order valence-electron chi connectivity index (χ1n) is 7.17. The third-order valence-corrected chi connectivity index (χ3v) is 5.23. The lowest BCUT2D eigenvalue weighted by atomic mass is 9.84. The van der Waals surface area contributed by atoms with Crippen molar-refractivity contribution in [3.05, 3.63) is 65.7 Å². The molecule has 1 heterocycles. The van der Waals surface area contributed by atoms with Gasteiger partial charge in [0.2, 0.25) is 0 Å². The van der Waals surface area contributed by atoms with Crippen LogP contribution in [0.5, 0.6) is 0 Å². The molecular weight excluding hydrogens is 262 g/mol. The van der Waals surface area contributed by atoms with Crippen molar-refractivity contribution >= 4 is 11.8 Å². The van der Waals surface area contributed by atoms with Crippen LogP contribution in [0.3, 0.4) is 0 Å². The minimum absolute atomic E-state index is 0.156. The first-order chi connectivity index (χ1) is 9.67. The van der Waals surface area contributed by atoms with Crippen molar-refractivity contribution in [3.8, 4) is 0 Å². The molecule has 1 atom stereocenters. The molecule has 1 unspecified atom stereocenters. The van der Waals surface area contributed by atoms with Gasteiger partial charge in [0.05, 0.1) is 0 Å². The van der Waals surface area contributed by atoms with Crippen molar-refractivity contribution in [3.63, 3.8) is 0 Å². The normalized spacial score (nSPS) is 18.0. The first-order valence-corrected chi connectivity index (χ1v) is 8.16. The van der Waals surface area contributed by atoms with Gasteiger partial charge in [-0.25, -0.2) is 0 Å². The summed E-state index contributed by atoms with van der Waals surface area (Å²) in [6.07, 6.45) is 0. The van der Waals surface area contributed by atoms with Gasteiger partial charge in [0.25, 0.3) is 0 Å². The first kappa shape index (κ1) is 13.7. The number of benzene rings is 2. The van der Waals surface area contributed by atoms with E-state index in [1.165, 1.54) is 16.0 Å². The fourth-order valence-electron chi connectivity index (χ4n) is 2.70. The van der Waals surface area contributed by atoms with E-state index in [1.54, 1.807) is 0 Å². The Morgan fingerprint density at radius 1 is 1.05 bits per heavy atom. The van der Waals surface area contributed by atoms with E-state index in [0.29, 0.717) is 6.04 Å². The molecule has 0 spiro atoms. The van der Waals surface area contributed by atoms with E-state index in [0.717, 1.165) is 12.3 Å². The summed E-state index contributed by atoms with van der Waals surface area (Å²) in [5, 5.41) is 3.76. The van der Waals surface area contributed by atoms with Gasteiger partial charge in [-0.05, 0) is 17.2 Å². The molecule has 0 saturated heterocycles. The third-order valence-electron chi connectivity index (χ3n) is 4.05. The van der Waals surface area contributed by atoms with Gasteiger partial charge in [0.15, 0.2) is 0 Å². The predicted octanol–water partition coefficient (Wildman–Crippen LogP) is 4.40. The summed E-state index contributed by atoms with van der Waals surface area (Å²) in [5.41, 5.74) is 3.01.